The molecule has 1 unspecified atom stereocenters. The summed E-state index contributed by atoms with van der Waals surface area (Å²) in [6.07, 6.45) is 2.60. The van der Waals surface area contributed by atoms with E-state index >= 15 is 0 Å². The SMILES string of the molecule is CC(=O)C(Cc1ccc(C#Cc2ccc(C#Cc3ccc(N4CCSSCC4)cc3)cc2)cc1)NC(=O)CCN1C(=O)C=CC1=O. The van der Waals surface area contributed by atoms with Crippen molar-refractivity contribution in [2.24, 2.45) is 0 Å². The number of nitrogens with zero attached hydrogens (tertiary/aromatic N) is 2. The maximum absolute atomic E-state index is 12.4. The molecule has 0 radical (unpaired) electrons. The standard InChI is InChI=1S/C37H33N3O4S2/c1-27(41)34(38-35(42)20-21-40-36(43)18-19-37(40)44)26-32-12-10-30(11-13-32)7-6-28-2-4-29(5-3-28)8-9-31-14-16-33(17-15-31)39-22-24-45-46-25-23-39/h2-5,10-19,34H,20-26H2,1H3,(H,38,42). The van der Waals surface area contributed by atoms with Crippen LogP contribution in [0.5, 0.6) is 0 Å². The molecule has 3 aromatic rings. The Kier molecular flexibility index (Phi) is 11.4. The number of amides is 3. The van der Waals surface area contributed by atoms with Crippen molar-refractivity contribution in [3.05, 3.63) is 113 Å². The lowest BCUT2D eigenvalue weighted by Gasteiger charge is -2.21. The van der Waals surface area contributed by atoms with Gasteiger partial charge < -0.3 is 10.2 Å². The van der Waals surface area contributed by atoms with Crippen molar-refractivity contribution in [3.8, 4) is 23.7 Å². The average molecular weight is 648 g/mol. The number of carbonyl (C=O) groups is 4. The Morgan fingerprint density at radius 3 is 1.67 bits per heavy atom. The van der Waals surface area contributed by atoms with Gasteiger partial charge in [-0.15, -0.1) is 0 Å². The Balaban J connectivity index is 1.11. The summed E-state index contributed by atoms with van der Waals surface area (Å²) in [5.41, 5.74) is 5.72. The smallest absolute Gasteiger partial charge is 0.253 e. The van der Waals surface area contributed by atoms with Crippen molar-refractivity contribution in [2.75, 3.05) is 36.0 Å². The number of ketones is 1. The number of nitrogens with one attached hydrogen (secondary N) is 1. The minimum Gasteiger partial charge on any atom is -0.370 e. The van der Waals surface area contributed by atoms with Gasteiger partial charge in [-0.3, -0.25) is 24.1 Å². The summed E-state index contributed by atoms with van der Waals surface area (Å²) in [6.45, 7) is 3.53. The molecule has 0 bridgehead atoms. The van der Waals surface area contributed by atoms with Crippen LogP contribution in [0.25, 0.3) is 0 Å². The Hall–Kier alpha value is -4.70. The van der Waals surface area contributed by atoms with E-state index in [4.69, 9.17) is 0 Å². The van der Waals surface area contributed by atoms with Crippen molar-refractivity contribution in [1.82, 2.24) is 10.2 Å². The zero-order valence-corrected chi connectivity index (χ0v) is 27.1. The third-order valence-corrected chi connectivity index (χ3v) is 9.84. The predicted octanol–water partition coefficient (Wildman–Crippen LogP) is 4.62. The van der Waals surface area contributed by atoms with Crippen LogP contribution in [-0.2, 0) is 25.6 Å². The van der Waals surface area contributed by atoms with E-state index in [9.17, 15) is 19.2 Å². The van der Waals surface area contributed by atoms with Crippen LogP contribution in [-0.4, -0.2) is 65.6 Å². The summed E-state index contributed by atoms with van der Waals surface area (Å²) in [7, 11) is 3.89. The van der Waals surface area contributed by atoms with Gasteiger partial charge in [0.05, 0.1) is 6.04 Å². The average Bonchev–Trinajstić information content (AvgIpc) is 3.22. The molecule has 0 saturated carbocycles. The van der Waals surface area contributed by atoms with Crippen LogP contribution in [0.1, 0.15) is 41.2 Å². The van der Waals surface area contributed by atoms with E-state index in [0.29, 0.717) is 6.42 Å². The fraction of sp³-hybridized carbons (Fsp3) is 0.243. The van der Waals surface area contributed by atoms with E-state index in [-0.39, 0.29) is 18.7 Å². The second-order valence-electron chi connectivity index (χ2n) is 10.8. The lowest BCUT2D eigenvalue weighted by molar-refractivity contribution is -0.137. The summed E-state index contributed by atoms with van der Waals surface area (Å²) in [5, 5.41) is 2.72. The van der Waals surface area contributed by atoms with Crippen LogP contribution in [0, 0.1) is 23.7 Å². The molecule has 2 aliphatic rings. The molecule has 2 heterocycles. The molecule has 1 fully saturated rings. The van der Waals surface area contributed by atoms with E-state index in [0.717, 1.165) is 57.3 Å². The first kappa shape index (κ1) is 32.7. The highest BCUT2D eigenvalue weighted by molar-refractivity contribution is 8.76. The van der Waals surface area contributed by atoms with Crippen molar-refractivity contribution >= 4 is 50.8 Å². The van der Waals surface area contributed by atoms with Crippen molar-refractivity contribution < 1.29 is 19.2 Å². The van der Waals surface area contributed by atoms with Gasteiger partial charge in [0.25, 0.3) is 11.8 Å². The highest BCUT2D eigenvalue weighted by Gasteiger charge is 2.24. The summed E-state index contributed by atoms with van der Waals surface area (Å²) in [6, 6.07) is 23.1. The van der Waals surface area contributed by atoms with E-state index < -0.39 is 23.8 Å². The van der Waals surface area contributed by atoms with Gasteiger partial charge in [-0.2, -0.15) is 0 Å². The van der Waals surface area contributed by atoms with Crippen molar-refractivity contribution in [3.63, 3.8) is 0 Å². The Labute approximate surface area is 277 Å². The highest BCUT2D eigenvalue weighted by atomic mass is 33.1. The van der Waals surface area contributed by atoms with Crippen LogP contribution < -0.4 is 10.2 Å². The highest BCUT2D eigenvalue weighted by Crippen LogP contribution is 2.26. The third kappa shape index (κ3) is 9.40. The van der Waals surface area contributed by atoms with Gasteiger partial charge >= 0.3 is 0 Å². The fourth-order valence-corrected chi connectivity index (χ4v) is 6.83. The monoisotopic (exact) mass is 647 g/mol. The number of benzene rings is 3. The number of hydrogen-bond acceptors (Lipinski definition) is 7. The van der Waals surface area contributed by atoms with Crippen LogP contribution in [0.4, 0.5) is 5.69 Å². The van der Waals surface area contributed by atoms with Gasteiger partial charge in [-0.25, -0.2) is 0 Å². The summed E-state index contributed by atoms with van der Waals surface area (Å²) < 4.78 is 0. The Bertz CT molecular complexity index is 1720. The zero-order chi connectivity index (χ0) is 32.3. The normalized spacial score (nSPS) is 14.9. The molecule has 232 valence electrons. The third-order valence-electron chi connectivity index (χ3n) is 7.47. The van der Waals surface area contributed by atoms with E-state index in [1.807, 2.05) is 70.1 Å². The number of carbonyl (C=O) groups excluding carboxylic acids is 4. The number of Topliss-reactive ketones (excluding diaryl/α,β-unsaturated/α-hetero) is 1. The minimum absolute atomic E-state index is 0.0307. The molecule has 46 heavy (non-hydrogen) atoms. The second kappa shape index (κ2) is 16.0. The molecule has 0 spiro atoms. The van der Waals surface area contributed by atoms with Gasteiger partial charge in [0.1, 0.15) is 0 Å². The molecule has 7 nitrogen and oxygen atoms in total. The lowest BCUT2D eigenvalue weighted by atomic mass is 10.0. The van der Waals surface area contributed by atoms with Crippen LogP contribution in [0.15, 0.2) is 84.9 Å². The summed E-state index contributed by atoms with van der Waals surface area (Å²) in [4.78, 5) is 51.4. The van der Waals surface area contributed by atoms with Crippen LogP contribution in [0.2, 0.25) is 0 Å². The second-order valence-corrected chi connectivity index (χ2v) is 13.5. The van der Waals surface area contributed by atoms with Gasteiger partial charge in [0.2, 0.25) is 5.91 Å². The molecule has 9 heteroatoms. The largest absolute Gasteiger partial charge is 0.370 e. The summed E-state index contributed by atoms with van der Waals surface area (Å²) in [5.74, 6) is 13.7. The molecule has 1 atom stereocenters. The summed E-state index contributed by atoms with van der Waals surface area (Å²) >= 11 is 0. The van der Waals surface area contributed by atoms with Crippen molar-refractivity contribution in [1.29, 1.82) is 0 Å². The van der Waals surface area contributed by atoms with Crippen LogP contribution >= 0.6 is 21.6 Å². The molecule has 1 N–H and O–H groups in total. The molecule has 5 rings (SSSR count). The molecule has 3 amide bonds. The molecule has 2 aliphatic heterocycles. The number of anilines is 1. The topological polar surface area (TPSA) is 86.8 Å². The maximum Gasteiger partial charge on any atom is 0.253 e. The zero-order valence-electron chi connectivity index (χ0n) is 25.5. The van der Waals surface area contributed by atoms with Gasteiger partial charge in [-0.05, 0) is 79.6 Å². The molecule has 3 aromatic carbocycles. The van der Waals surface area contributed by atoms with Crippen molar-refractivity contribution in [2.45, 2.75) is 25.8 Å². The Morgan fingerprint density at radius 1 is 0.739 bits per heavy atom. The first-order valence-electron chi connectivity index (χ1n) is 15.0. The van der Waals surface area contributed by atoms with Gasteiger partial charge in [0.15, 0.2) is 5.78 Å². The molecular formula is C37H33N3O4S2. The Morgan fingerprint density at radius 2 is 1.20 bits per heavy atom. The number of hydrogen-bond donors (Lipinski definition) is 1. The van der Waals surface area contributed by atoms with E-state index in [2.05, 4.69) is 58.2 Å². The molecule has 1 saturated heterocycles. The number of rotatable bonds is 8. The molecular weight excluding hydrogens is 615 g/mol. The van der Waals surface area contributed by atoms with E-state index in [1.165, 1.54) is 24.8 Å². The fourth-order valence-electron chi connectivity index (χ4n) is 4.85. The van der Waals surface area contributed by atoms with Crippen LogP contribution in [0.3, 0.4) is 0 Å². The predicted molar refractivity (Wildman–Crippen MR) is 185 cm³/mol. The van der Waals surface area contributed by atoms with E-state index in [1.54, 1.807) is 0 Å². The first-order chi connectivity index (χ1) is 22.3. The maximum atomic E-state index is 12.4. The van der Waals surface area contributed by atoms with Gasteiger partial charge in [-0.1, -0.05) is 57.4 Å². The van der Waals surface area contributed by atoms with Gasteiger partial charge in [0, 0.05) is 77.7 Å². The molecule has 0 aliphatic carbocycles. The first-order valence-corrected chi connectivity index (χ1v) is 17.5. The minimum atomic E-state index is -0.712. The number of imide groups is 1. The lowest BCUT2D eigenvalue weighted by Crippen LogP contribution is -2.43. The quantitative estimate of drug-likeness (QED) is 0.217. The molecule has 0 aromatic heterocycles.